The van der Waals surface area contributed by atoms with Crippen molar-refractivity contribution < 1.29 is 9.53 Å². The number of rotatable bonds is 7. The number of carbonyl (C=O) groups excluding carboxylic acids is 1. The maximum absolute atomic E-state index is 13.0. The second-order valence-electron chi connectivity index (χ2n) is 7.15. The number of nitrogens with zero attached hydrogens (tertiary/aromatic N) is 2. The van der Waals surface area contributed by atoms with Crippen LogP contribution in [0.5, 0.6) is 5.75 Å². The average Bonchev–Trinajstić information content (AvgIpc) is 3.29. The van der Waals surface area contributed by atoms with E-state index in [4.69, 9.17) is 16.3 Å². The summed E-state index contributed by atoms with van der Waals surface area (Å²) in [5.41, 5.74) is 4.20. The van der Waals surface area contributed by atoms with E-state index in [1.165, 1.54) is 0 Å². The Balaban J connectivity index is 1.44. The summed E-state index contributed by atoms with van der Waals surface area (Å²) in [5, 5.41) is 7.78. The molecule has 4 rings (SSSR count). The summed E-state index contributed by atoms with van der Waals surface area (Å²) < 4.78 is 7.55. The molecule has 0 aliphatic heterocycles. The highest BCUT2D eigenvalue weighted by Gasteiger charge is 2.14. The monoisotopic (exact) mass is 431 g/mol. The Kier molecular flexibility index (Phi) is 6.34. The average molecular weight is 432 g/mol. The first kappa shape index (κ1) is 20.7. The molecule has 0 atom stereocenters. The quantitative estimate of drug-likeness (QED) is 0.399. The molecule has 1 aromatic heterocycles. The minimum absolute atomic E-state index is 0.169. The van der Waals surface area contributed by atoms with Gasteiger partial charge in [0.15, 0.2) is 0 Å². The molecule has 0 saturated heterocycles. The van der Waals surface area contributed by atoms with Crippen LogP contribution < -0.4 is 10.1 Å². The summed E-state index contributed by atoms with van der Waals surface area (Å²) in [5.74, 6) is 0.569. The zero-order valence-electron chi connectivity index (χ0n) is 17.1. The third-order valence-electron chi connectivity index (χ3n) is 4.84. The zero-order chi connectivity index (χ0) is 21.6. The van der Waals surface area contributed by atoms with Crippen LogP contribution >= 0.6 is 11.6 Å². The number of anilines is 1. The third-order valence-corrected chi connectivity index (χ3v) is 5.09. The van der Waals surface area contributed by atoms with Crippen LogP contribution in [-0.2, 0) is 6.54 Å². The molecule has 0 fully saturated rings. The number of aromatic nitrogens is 2. The van der Waals surface area contributed by atoms with E-state index in [1.807, 2.05) is 90.6 Å². The lowest BCUT2D eigenvalue weighted by molar-refractivity contribution is 0.102. The van der Waals surface area contributed by atoms with Crippen molar-refractivity contribution in [3.8, 4) is 16.9 Å². The van der Waals surface area contributed by atoms with Crippen molar-refractivity contribution >= 4 is 23.2 Å². The van der Waals surface area contributed by atoms with E-state index in [0.29, 0.717) is 29.4 Å². The highest BCUT2D eigenvalue weighted by molar-refractivity contribution is 6.30. The summed E-state index contributed by atoms with van der Waals surface area (Å²) in [7, 11) is 0. The second kappa shape index (κ2) is 9.49. The number of nitrogens with one attached hydrogen (secondary N) is 1. The standard InChI is InChI=1S/C25H22ClN3O2/c1-18-3-12-23(24(17-18)19-4-6-20(26)7-5-19)25(30)28-21-8-10-22(11-9-21)31-16-15-29-14-2-13-27-29/h2-14,17H,15-16H2,1H3,(H,28,30). The molecule has 3 aromatic carbocycles. The van der Waals surface area contributed by atoms with Gasteiger partial charge < -0.3 is 10.1 Å². The smallest absolute Gasteiger partial charge is 0.256 e. The number of halogens is 1. The number of benzene rings is 3. The predicted octanol–water partition coefficient (Wildman–Crippen LogP) is 5.84. The van der Waals surface area contributed by atoms with Gasteiger partial charge in [0.25, 0.3) is 5.91 Å². The lowest BCUT2D eigenvalue weighted by Crippen LogP contribution is -2.13. The van der Waals surface area contributed by atoms with Crippen LogP contribution in [0.4, 0.5) is 5.69 Å². The van der Waals surface area contributed by atoms with E-state index in [9.17, 15) is 4.79 Å². The van der Waals surface area contributed by atoms with Crippen molar-refractivity contribution in [2.45, 2.75) is 13.5 Å². The molecule has 0 aliphatic rings. The Labute approximate surface area is 186 Å². The molecule has 0 radical (unpaired) electrons. The minimum Gasteiger partial charge on any atom is -0.492 e. The van der Waals surface area contributed by atoms with E-state index in [2.05, 4.69) is 10.4 Å². The molecule has 0 spiro atoms. The molecule has 0 aliphatic carbocycles. The summed E-state index contributed by atoms with van der Waals surface area (Å²) >= 11 is 6.02. The highest BCUT2D eigenvalue weighted by atomic mass is 35.5. The topological polar surface area (TPSA) is 56.1 Å². The van der Waals surface area contributed by atoms with Crippen molar-refractivity contribution in [2.24, 2.45) is 0 Å². The Hall–Kier alpha value is -3.57. The molecule has 6 heteroatoms. The molecule has 1 amide bonds. The molecule has 1 N–H and O–H groups in total. The largest absolute Gasteiger partial charge is 0.492 e. The van der Waals surface area contributed by atoms with Crippen LogP contribution in [0.25, 0.3) is 11.1 Å². The fraction of sp³-hybridized carbons (Fsp3) is 0.120. The molecular weight excluding hydrogens is 410 g/mol. The van der Waals surface area contributed by atoms with Crippen molar-refractivity contribution in [3.05, 3.63) is 101 Å². The van der Waals surface area contributed by atoms with Gasteiger partial charge in [0.1, 0.15) is 12.4 Å². The Morgan fingerprint density at radius 1 is 1.06 bits per heavy atom. The molecule has 31 heavy (non-hydrogen) atoms. The normalized spacial score (nSPS) is 10.6. The fourth-order valence-corrected chi connectivity index (χ4v) is 3.37. The fourth-order valence-electron chi connectivity index (χ4n) is 3.25. The third kappa shape index (κ3) is 5.32. The number of amides is 1. The van der Waals surface area contributed by atoms with Gasteiger partial charge >= 0.3 is 0 Å². The Morgan fingerprint density at radius 3 is 2.55 bits per heavy atom. The predicted molar refractivity (Wildman–Crippen MR) is 124 cm³/mol. The Bertz CT molecular complexity index is 1150. The van der Waals surface area contributed by atoms with E-state index < -0.39 is 0 Å². The highest BCUT2D eigenvalue weighted by Crippen LogP contribution is 2.27. The van der Waals surface area contributed by atoms with Crippen molar-refractivity contribution in [2.75, 3.05) is 11.9 Å². The lowest BCUT2D eigenvalue weighted by Gasteiger charge is -2.12. The summed E-state index contributed by atoms with van der Waals surface area (Å²) in [6, 6.07) is 22.5. The Morgan fingerprint density at radius 2 is 1.84 bits per heavy atom. The van der Waals surface area contributed by atoms with Crippen molar-refractivity contribution in [1.29, 1.82) is 0 Å². The van der Waals surface area contributed by atoms with Crippen LogP contribution in [0.2, 0.25) is 5.02 Å². The SMILES string of the molecule is Cc1ccc(C(=O)Nc2ccc(OCCn3cccn3)cc2)c(-c2ccc(Cl)cc2)c1. The van der Waals surface area contributed by atoms with Crippen LogP contribution in [0.1, 0.15) is 15.9 Å². The zero-order valence-corrected chi connectivity index (χ0v) is 17.8. The minimum atomic E-state index is -0.169. The van der Waals surface area contributed by atoms with Crippen LogP contribution in [-0.4, -0.2) is 22.3 Å². The molecule has 4 aromatic rings. The molecule has 156 valence electrons. The van der Waals surface area contributed by atoms with Crippen LogP contribution in [0.3, 0.4) is 0 Å². The molecule has 1 heterocycles. The molecule has 5 nitrogen and oxygen atoms in total. The maximum Gasteiger partial charge on any atom is 0.256 e. The number of carbonyl (C=O) groups is 1. The molecule has 0 unspecified atom stereocenters. The summed E-state index contributed by atoms with van der Waals surface area (Å²) in [6.07, 6.45) is 3.63. The van der Waals surface area contributed by atoms with E-state index in [0.717, 1.165) is 22.4 Å². The second-order valence-corrected chi connectivity index (χ2v) is 7.59. The van der Waals surface area contributed by atoms with Gasteiger partial charge in [-0.3, -0.25) is 9.48 Å². The first-order valence-corrected chi connectivity index (χ1v) is 10.3. The van der Waals surface area contributed by atoms with Gasteiger partial charge in [0.05, 0.1) is 6.54 Å². The van der Waals surface area contributed by atoms with Crippen molar-refractivity contribution in [3.63, 3.8) is 0 Å². The van der Waals surface area contributed by atoms with Gasteiger partial charge in [-0.25, -0.2) is 0 Å². The van der Waals surface area contributed by atoms with Gasteiger partial charge in [-0.15, -0.1) is 0 Å². The number of hydrogen-bond donors (Lipinski definition) is 1. The number of hydrogen-bond acceptors (Lipinski definition) is 3. The van der Waals surface area contributed by atoms with Gasteiger partial charge in [-0.05, 0) is 66.6 Å². The molecule has 0 saturated carbocycles. The lowest BCUT2D eigenvalue weighted by atomic mass is 9.97. The number of aryl methyl sites for hydroxylation is 1. The van der Waals surface area contributed by atoms with Gasteiger partial charge in [-0.2, -0.15) is 5.10 Å². The van der Waals surface area contributed by atoms with E-state index in [1.54, 1.807) is 6.20 Å². The van der Waals surface area contributed by atoms with Crippen LogP contribution in [0, 0.1) is 6.92 Å². The van der Waals surface area contributed by atoms with Gasteiger partial charge in [0, 0.05) is 28.7 Å². The van der Waals surface area contributed by atoms with Gasteiger partial charge in [-0.1, -0.05) is 41.4 Å². The van der Waals surface area contributed by atoms with Crippen LogP contribution in [0.15, 0.2) is 85.2 Å². The number of ether oxygens (including phenoxy) is 1. The summed E-state index contributed by atoms with van der Waals surface area (Å²) in [6.45, 7) is 3.19. The molecule has 0 bridgehead atoms. The van der Waals surface area contributed by atoms with Gasteiger partial charge in [0.2, 0.25) is 0 Å². The first-order valence-electron chi connectivity index (χ1n) is 9.97. The first-order chi connectivity index (χ1) is 15.1. The van der Waals surface area contributed by atoms with Crippen molar-refractivity contribution in [1.82, 2.24) is 9.78 Å². The maximum atomic E-state index is 13.0. The molecular formula is C25H22ClN3O2. The summed E-state index contributed by atoms with van der Waals surface area (Å²) in [4.78, 5) is 13.0. The van der Waals surface area contributed by atoms with E-state index in [-0.39, 0.29) is 5.91 Å². The van der Waals surface area contributed by atoms with E-state index >= 15 is 0 Å².